The Bertz CT molecular complexity index is 521. The molecule has 3 aliphatic rings. The molecule has 3 nitrogen and oxygen atoms in total. The van der Waals surface area contributed by atoms with Crippen LogP contribution in [0.5, 0.6) is 5.75 Å². The van der Waals surface area contributed by atoms with E-state index in [9.17, 15) is 0 Å². The highest BCUT2D eigenvalue weighted by Gasteiger charge is 2.51. The number of piperidine rings is 1. The average Bonchev–Trinajstić information content (AvgIpc) is 2.81. The van der Waals surface area contributed by atoms with Crippen LogP contribution in [0.2, 0.25) is 5.02 Å². The van der Waals surface area contributed by atoms with E-state index in [4.69, 9.17) is 22.1 Å². The molecule has 0 aromatic heterocycles. The third-order valence-corrected chi connectivity index (χ3v) is 5.35. The topological polar surface area (TPSA) is 38.5 Å². The van der Waals surface area contributed by atoms with Crippen molar-refractivity contribution in [2.45, 2.75) is 30.9 Å². The average molecular weight is 279 g/mol. The number of hydrogen-bond donors (Lipinski definition) is 1. The van der Waals surface area contributed by atoms with Gasteiger partial charge in [-0.15, -0.1) is 0 Å². The molecule has 2 fully saturated rings. The highest BCUT2D eigenvalue weighted by Crippen LogP contribution is 2.48. The second-order valence-corrected chi connectivity index (χ2v) is 6.63. The van der Waals surface area contributed by atoms with E-state index in [1.807, 2.05) is 18.2 Å². The molecule has 0 amide bonds. The van der Waals surface area contributed by atoms with Gasteiger partial charge in [0.1, 0.15) is 11.4 Å². The quantitative estimate of drug-likeness (QED) is 0.793. The minimum Gasteiger partial charge on any atom is -0.486 e. The molecule has 2 saturated heterocycles. The van der Waals surface area contributed by atoms with E-state index < -0.39 is 0 Å². The van der Waals surface area contributed by atoms with Gasteiger partial charge in [-0.25, -0.2) is 0 Å². The van der Waals surface area contributed by atoms with Crippen molar-refractivity contribution in [3.05, 3.63) is 28.8 Å². The van der Waals surface area contributed by atoms with Gasteiger partial charge in [0.2, 0.25) is 0 Å². The molecule has 4 heteroatoms. The Morgan fingerprint density at radius 2 is 2.26 bits per heavy atom. The lowest BCUT2D eigenvalue weighted by Gasteiger charge is -2.47. The van der Waals surface area contributed by atoms with Crippen LogP contribution in [-0.4, -0.2) is 30.1 Å². The molecule has 1 spiro atoms. The molecule has 19 heavy (non-hydrogen) atoms. The van der Waals surface area contributed by atoms with Gasteiger partial charge in [-0.05, 0) is 31.2 Å². The second-order valence-electron chi connectivity index (χ2n) is 6.20. The molecule has 4 atom stereocenters. The Balaban J connectivity index is 1.72. The third kappa shape index (κ3) is 1.79. The number of halogens is 1. The van der Waals surface area contributed by atoms with Crippen molar-refractivity contribution in [2.24, 2.45) is 11.7 Å². The molecular formula is C15H19ClN2O. The lowest BCUT2D eigenvalue weighted by Crippen LogP contribution is -2.53. The Morgan fingerprint density at radius 1 is 1.37 bits per heavy atom. The summed E-state index contributed by atoms with van der Waals surface area (Å²) < 4.78 is 6.45. The van der Waals surface area contributed by atoms with Crippen molar-refractivity contribution in [2.75, 3.05) is 19.6 Å². The first-order chi connectivity index (χ1) is 9.16. The summed E-state index contributed by atoms with van der Waals surface area (Å²) in [6.45, 7) is 3.54. The Morgan fingerprint density at radius 3 is 3.16 bits per heavy atom. The summed E-state index contributed by atoms with van der Waals surface area (Å²) >= 11 is 6.06. The fourth-order valence-corrected chi connectivity index (χ4v) is 4.25. The molecule has 4 rings (SSSR count). The van der Waals surface area contributed by atoms with Gasteiger partial charge in [-0.3, -0.25) is 0 Å². The van der Waals surface area contributed by atoms with Crippen molar-refractivity contribution in [3.63, 3.8) is 0 Å². The van der Waals surface area contributed by atoms with Crippen LogP contribution in [-0.2, 0) is 0 Å². The maximum Gasteiger partial charge on any atom is 0.125 e. The molecule has 3 unspecified atom stereocenters. The van der Waals surface area contributed by atoms with Crippen LogP contribution in [0.4, 0.5) is 0 Å². The summed E-state index contributed by atoms with van der Waals surface area (Å²) in [5.74, 6) is 1.58. The van der Waals surface area contributed by atoms with Crippen molar-refractivity contribution in [1.29, 1.82) is 0 Å². The van der Waals surface area contributed by atoms with Crippen molar-refractivity contribution < 1.29 is 4.74 Å². The maximum absolute atomic E-state index is 6.45. The van der Waals surface area contributed by atoms with E-state index in [2.05, 4.69) is 4.90 Å². The molecule has 102 valence electrons. The molecule has 0 aliphatic carbocycles. The number of nitrogens with two attached hydrogens (primary N) is 1. The van der Waals surface area contributed by atoms with Gasteiger partial charge >= 0.3 is 0 Å². The molecule has 0 radical (unpaired) electrons. The number of rotatable bonds is 0. The predicted octanol–water partition coefficient (Wildman–Crippen LogP) is 2.59. The smallest absolute Gasteiger partial charge is 0.125 e. The summed E-state index contributed by atoms with van der Waals surface area (Å²) in [5, 5.41) is 0.740. The van der Waals surface area contributed by atoms with Crippen LogP contribution in [0.25, 0.3) is 0 Å². The highest BCUT2D eigenvalue weighted by molar-refractivity contribution is 6.30. The third-order valence-electron chi connectivity index (χ3n) is 5.12. The van der Waals surface area contributed by atoms with Crippen molar-refractivity contribution in [3.8, 4) is 5.75 Å². The Hall–Kier alpha value is -0.770. The van der Waals surface area contributed by atoms with Gasteiger partial charge < -0.3 is 15.4 Å². The number of fused-ring (bicyclic) bond motifs is 4. The number of hydrogen-bond acceptors (Lipinski definition) is 3. The fourth-order valence-electron chi connectivity index (χ4n) is 4.06. The second kappa shape index (κ2) is 4.11. The standard InChI is InChI=1S/C15H19ClN2O/c16-11-1-2-14-12(7-11)13(17)8-15(19-14)4-6-18-5-3-10(15)9-18/h1-2,7,10,13H,3-6,8-9,17H2/t10?,13-,15?/m0/s1. The summed E-state index contributed by atoms with van der Waals surface area (Å²) in [6.07, 6.45) is 3.28. The van der Waals surface area contributed by atoms with Gasteiger partial charge in [-0.1, -0.05) is 11.6 Å². The zero-order valence-electron chi connectivity index (χ0n) is 10.9. The minimum atomic E-state index is -0.0345. The monoisotopic (exact) mass is 278 g/mol. The first kappa shape index (κ1) is 12.0. The lowest BCUT2D eigenvalue weighted by molar-refractivity contribution is -0.0439. The van der Waals surface area contributed by atoms with Crippen LogP contribution < -0.4 is 10.5 Å². The number of nitrogens with zero attached hydrogens (tertiary/aromatic N) is 1. The molecule has 2 bridgehead atoms. The first-order valence-electron chi connectivity index (χ1n) is 7.13. The summed E-state index contributed by atoms with van der Waals surface area (Å²) in [6, 6.07) is 5.89. The van der Waals surface area contributed by atoms with Crippen LogP contribution in [0.3, 0.4) is 0 Å². The predicted molar refractivity (Wildman–Crippen MR) is 75.5 cm³/mol. The molecule has 1 aromatic rings. The molecule has 3 aliphatic heterocycles. The van der Waals surface area contributed by atoms with E-state index in [-0.39, 0.29) is 11.6 Å². The van der Waals surface area contributed by atoms with E-state index in [1.54, 1.807) is 0 Å². The Kier molecular flexibility index (Phi) is 2.60. The van der Waals surface area contributed by atoms with Gasteiger partial charge in [0, 0.05) is 48.5 Å². The van der Waals surface area contributed by atoms with Crippen molar-refractivity contribution in [1.82, 2.24) is 4.90 Å². The van der Waals surface area contributed by atoms with Crippen LogP contribution in [0, 0.1) is 5.92 Å². The fraction of sp³-hybridized carbons (Fsp3) is 0.600. The molecule has 2 N–H and O–H groups in total. The highest BCUT2D eigenvalue weighted by atomic mass is 35.5. The molecule has 0 saturated carbocycles. The summed E-state index contributed by atoms with van der Waals surface area (Å²) in [7, 11) is 0. The zero-order chi connectivity index (χ0) is 13.0. The van der Waals surface area contributed by atoms with E-state index >= 15 is 0 Å². The SMILES string of the molecule is N[C@H]1CC2(CCN3CCC2C3)Oc2ccc(Cl)cc21. The number of benzene rings is 1. The number of ether oxygens (including phenoxy) is 1. The van der Waals surface area contributed by atoms with Crippen molar-refractivity contribution >= 4 is 11.6 Å². The Labute approximate surface area is 118 Å². The van der Waals surface area contributed by atoms with Crippen LogP contribution >= 0.6 is 11.6 Å². The van der Waals surface area contributed by atoms with Gasteiger partial charge in [0.25, 0.3) is 0 Å². The summed E-state index contributed by atoms with van der Waals surface area (Å²) in [4.78, 5) is 2.54. The zero-order valence-corrected chi connectivity index (χ0v) is 11.7. The van der Waals surface area contributed by atoms with Gasteiger partial charge in [-0.2, -0.15) is 0 Å². The van der Waals surface area contributed by atoms with Gasteiger partial charge in [0.05, 0.1) is 0 Å². The van der Waals surface area contributed by atoms with E-state index in [0.29, 0.717) is 5.92 Å². The first-order valence-corrected chi connectivity index (χ1v) is 7.50. The lowest BCUT2D eigenvalue weighted by atomic mass is 9.75. The summed E-state index contributed by atoms with van der Waals surface area (Å²) in [5.41, 5.74) is 7.43. The van der Waals surface area contributed by atoms with Crippen LogP contribution in [0.15, 0.2) is 18.2 Å². The minimum absolute atomic E-state index is 0.0345. The molecule has 3 heterocycles. The molecular weight excluding hydrogens is 260 g/mol. The normalized spacial score (nSPS) is 40.0. The molecule has 1 aromatic carbocycles. The van der Waals surface area contributed by atoms with E-state index in [0.717, 1.165) is 35.7 Å². The largest absolute Gasteiger partial charge is 0.486 e. The van der Waals surface area contributed by atoms with Crippen LogP contribution in [0.1, 0.15) is 30.9 Å². The van der Waals surface area contributed by atoms with Gasteiger partial charge in [0.15, 0.2) is 0 Å². The maximum atomic E-state index is 6.45. The van der Waals surface area contributed by atoms with E-state index in [1.165, 1.54) is 19.5 Å².